The van der Waals surface area contributed by atoms with Crippen LogP contribution < -0.4 is 0 Å². The first-order valence-electron chi connectivity index (χ1n) is 5.93. The molecule has 1 aromatic carbocycles. The first kappa shape index (κ1) is 11.2. The van der Waals surface area contributed by atoms with Crippen molar-refractivity contribution >= 4 is 5.78 Å². The fraction of sp³-hybridized carbons (Fsp3) is 0.286. The van der Waals surface area contributed by atoms with E-state index in [-0.39, 0.29) is 5.78 Å². The van der Waals surface area contributed by atoms with Crippen LogP contribution in [0.2, 0.25) is 0 Å². The molecule has 18 heavy (non-hydrogen) atoms. The highest BCUT2D eigenvalue weighted by molar-refractivity contribution is 5.97. The molecule has 1 aliphatic rings. The SMILES string of the molecule is Cn1ccnc1CC(=O)c1ccc2c(c1)COC2. The third kappa shape index (κ3) is 1.95. The van der Waals surface area contributed by atoms with Gasteiger partial charge in [0.1, 0.15) is 5.82 Å². The molecule has 0 spiro atoms. The Morgan fingerprint density at radius 3 is 3.00 bits per heavy atom. The summed E-state index contributed by atoms with van der Waals surface area (Å²) in [5, 5.41) is 0. The molecule has 0 atom stereocenters. The van der Waals surface area contributed by atoms with Gasteiger partial charge in [-0.2, -0.15) is 0 Å². The van der Waals surface area contributed by atoms with Crippen LogP contribution in [0.4, 0.5) is 0 Å². The summed E-state index contributed by atoms with van der Waals surface area (Å²) in [6.45, 7) is 1.27. The number of Topliss-reactive ketones (excluding diaryl/α,β-unsaturated/α-hetero) is 1. The summed E-state index contributed by atoms with van der Waals surface area (Å²) in [5.41, 5.74) is 3.05. The highest BCUT2D eigenvalue weighted by atomic mass is 16.5. The Balaban J connectivity index is 1.83. The lowest BCUT2D eigenvalue weighted by Gasteiger charge is -2.04. The van der Waals surface area contributed by atoms with Crippen LogP contribution in [-0.2, 0) is 31.4 Å². The maximum absolute atomic E-state index is 12.2. The van der Waals surface area contributed by atoms with Crippen molar-refractivity contribution in [2.75, 3.05) is 0 Å². The fourth-order valence-corrected chi connectivity index (χ4v) is 2.16. The minimum absolute atomic E-state index is 0.0963. The predicted molar refractivity (Wildman–Crippen MR) is 66.2 cm³/mol. The second-order valence-corrected chi connectivity index (χ2v) is 4.53. The van der Waals surface area contributed by atoms with Crippen LogP contribution in [0.15, 0.2) is 30.6 Å². The number of ketones is 1. The maximum Gasteiger partial charge on any atom is 0.170 e. The van der Waals surface area contributed by atoms with Crippen LogP contribution in [0.3, 0.4) is 0 Å². The summed E-state index contributed by atoms with van der Waals surface area (Å²) in [7, 11) is 1.89. The van der Waals surface area contributed by atoms with Crippen LogP contribution in [0.25, 0.3) is 0 Å². The number of carbonyl (C=O) groups excluding carboxylic acids is 1. The van der Waals surface area contributed by atoms with Crippen molar-refractivity contribution in [3.05, 3.63) is 53.1 Å². The number of benzene rings is 1. The topological polar surface area (TPSA) is 44.1 Å². The van der Waals surface area contributed by atoms with Crippen molar-refractivity contribution in [2.45, 2.75) is 19.6 Å². The molecule has 0 N–H and O–H groups in total. The number of hydrogen-bond acceptors (Lipinski definition) is 3. The van der Waals surface area contributed by atoms with Crippen molar-refractivity contribution in [1.29, 1.82) is 0 Å². The number of aryl methyl sites for hydroxylation is 1. The van der Waals surface area contributed by atoms with Crippen molar-refractivity contribution in [2.24, 2.45) is 7.05 Å². The van der Waals surface area contributed by atoms with Gasteiger partial charge in [-0.15, -0.1) is 0 Å². The quantitative estimate of drug-likeness (QED) is 0.772. The summed E-state index contributed by atoms with van der Waals surface area (Å²) in [4.78, 5) is 16.3. The van der Waals surface area contributed by atoms with Gasteiger partial charge in [0.2, 0.25) is 0 Å². The average Bonchev–Trinajstić information content (AvgIpc) is 2.98. The van der Waals surface area contributed by atoms with Crippen LogP contribution in [0.5, 0.6) is 0 Å². The molecule has 0 amide bonds. The molecule has 0 radical (unpaired) electrons. The van der Waals surface area contributed by atoms with E-state index in [9.17, 15) is 4.79 Å². The zero-order valence-electron chi connectivity index (χ0n) is 10.2. The Morgan fingerprint density at radius 2 is 2.22 bits per heavy atom. The minimum atomic E-state index is 0.0963. The van der Waals surface area contributed by atoms with Crippen LogP contribution in [0, 0.1) is 0 Å². The number of hydrogen-bond donors (Lipinski definition) is 0. The largest absolute Gasteiger partial charge is 0.372 e. The van der Waals surface area contributed by atoms with Gasteiger partial charge >= 0.3 is 0 Å². The van der Waals surface area contributed by atoms with E-state index in [0.717, 1.165) is 17.0 Å². The van der Waals surface area contributed by atoms with Gasteiger partial charge in [-0.3, -0.25) is 4.79 Å². The number of imidazole rings is 1. The molecule has 0 unspecified atom stereocenters. The highest BCUT2D eigenvalue weighted by Gasteiger charge is 2.15. The van der Waals surface area contributed by atoms with Gasteiger partial charge in [0, 0.05) is 25.0 Å². The summed E-state index contributed by atoms with van der Waals surface area (Å²) >= 11 is 0. The molecule has 0 saturated carbocycles. The van der Waals surface area contributed by atoms with E-state index in [1.165, 1.54) is 5.56 Å². The van der Waals surface area contributed by atoms with Crippen molar-refractivity contribution in [3.8, 4) is 0 Å². The third-order valence-corrected chi connectivity index (χ3v) is 3.28. The van der Waals surface area contributed by atoms with Crippen LogP contribution >= 0.6 is 0 Å². The molecule has 1 aromatic heterocycles. The monoisotopic (exact) mass is 242 g/mol. The number of ether oxygens (including phenoxy) is 1. The molecular weight excluding hydrogens is 228 g/mol. The Hall–Kier alpha value is -1.94. The van der Waals surface area contributed by atoms with Gasteiger partial charge in [-0.1, -0.05) is 12.1 Å². The van der Waals surface area contributed by atoms with Gasteiger partial charge in [0.25, 0.3) is 0 Å². The van der Waals surface area contributed by atoms with E-state index in [4.69, 9.17) is 4.74 Å². The van der Waals surface area contributed by atoms with Crippen molar-refractivity contribution in [3.63, 3.8) is 0 Å². The average molecular weight is 242 g/mol. The van der Waals surface area contributed by atoms with Crippen molar-refractivity contribution < 1.29 is 9.53 Å². The second-order valence-electron chi connectivity index (χ2n) is 4.53. The lowest BCUT2D eigenvalue weighted by atomic mass is 10.0. The molecule has 0 saturated heterocycles. The minimum Gasteiger partial charge on any atom is -0.372 e. The van der Waals surface area contributed by atoms with Gasteiger partial charge < -0.3 is 9.30 Å². The number of aromatic nitrogens is 2. The first-order chi connectivity index (χ1) is 8.74. The van der Waals surface area contributed by atoms with E-state index >= 15 is 0 Å². The van der Waals surface area contributed by atoms with E-state index < -0.39 is 0 Å². The Kier molecular flexibility index (Phi) is 2.72. The van der Waals surface area contributed by atoms with Crippen LogP contribution in [-0.4, -0.2) is 15.3 Å². The molecule has 0 fully saturated rings. The van der Waals surface area contributed by atoms with Gasteiger partial charge in [0.05, 0.1) is 19.6 Å². The predicted octanol–water partition coefficient (Wildman–Crippen LogP) is 1.88. The molecule has 2 aromatic rings. The first-order valence-corrected chi connectivity index (χ1v) is 5.93. The third-order valence-electron chi connectivity index (χ3n) is 3.28. The number of nitrogens with zero attached hydrogens (tertiary/aromatic N) is 2. The summed E-state index contributed by atoms with van der Waals surface area (Å²) in [5.74, 6) is 0.885. The number of carbonyl (C=O) groups is 1. The van der Waals surface area contributed by atoms with E-state index in [1.54, 1.807) is 6.20 Å². The zero-order valence-corrected chi connectivity index (χ0v) is 10.2. The Labute approximate surface area is 105 Å². The Morgan fingerprint density at radius 1 is 1.39 bits per heavy atom. The molecule has 1 aliphatic heterocycles. The standard InChI is InChI=1S/C14H14N2O2/c1-16-5-4-15-14(16)7-13(17)10-2-3-11-8-18-9-12(11)6-10/h2-6H,7-9H2,1H3. The second kappa shape index (κ2) is 4.38. The maximum atomic E-state index is 12.2. The molecule has 0 bridgehead atoms. The number of rotatable bonds is 3. The smallest absolute Gasteiger partial charge is 0.170 e. The normalized spacial score (nSPS) is 13.6. The lowest BCUT2D eigenvalue weighted by Crippen LogP contribution is -2.08. The van der Waals surface area contributed by atoms with E-state index in [1.807, 2.05) is 36.0 Å². The summed E-state index contributed by atoms with van der Waals surface area (Å²) in [6, 6.07) is 5.79. The van der Waals surface area contributed by atoms with Gasteiger partial charge in [-0.25, -0.2) is 4.98 Å². The molecule has 4 heteroatoms. The fourth-order valence-electron chi connectivity index (χ4n) is 2.16. The summed E-state index contributed by atoms with van der Waals surface area (Å²) < 4.78 is 7.22. The molecule has 3 rings (SSSR count). The number of fused-ring (bicyclic) bond motifs is 1. The molecule has 4 nitrogen and oxygen atoms in total. The molecular formula is C14H14N2O2. The zero-order chi connectivity index (χ0) is 12.5. The highest BCUT2D eigenvalue weighted by Crippen LogP contribution is 2.21. The van der Waals surface area contributed by atoms with Gasteiger partial charge in [0.15, 0.2) is 5.78 Å². The molecule has 2 heterocycles. The lowest BCUT2D eigenvalue weighted by molar-refractivity contribution is 0.0990. The van der Waals surface area contributed by atoms with E-state index in [2.05, 4.69) is 4.98 Å². The van der Waals surface area contributed by atoms with Gasteiger partial charge in [-0.05, 0) is 17.2 Å². The van der Waals surface area contributed by atoms with E-state index in [0.29, 0.717) is 19.6 Å². The van der Waals surface area contributed by atoms with Crippen LogP contribution in [0.1, 0.15) is 27.3 Å². The summed E-state index contributed by atoms with van der Waals surface area (Å²) in [6.07, 6.45) is 3.89. The van der Waals surface area contributed by atoms with Crippen molar-refractivity contribution in [1.82, 2.24) is 9.55 Å². The molecule has 92 valence electrons. The Bertz CT molecular complexity index is 602. The molecule has 0 aliphatic carbocycles.